The van der Waals surface area contributed by atoms with Crippen molar-refractivity contribution in [3.8, 4) is 11.5 Å². The van der Waals surface area contributed by atoms with Gasteiger partial charge in [-0.3, -0.25) is 0 Å². The Labute approximate surface area is 134 Å². The van der Waals surface area contributed by atoms with Crippen LogP contribution >= 0.6 is 0 Å². The predicted molar refractivity (Wildman–Crippen MR) is 69.0 cm³/mol. The number of phenols is 2. The van der Waals surface area contributed by atoms with Crippen LogP contribution in [-0.4, -0.2) is 22.6 Å². The zero-order valence-electron chi connectivity index (χ0n) is 11.9. The monoisotopic (exact) mass is 372 g/mol. The molecule has 10 heteroatoms. The molecule has 0 aliphatic rings. The van der Waals surface area contributed by atoms with Crippen LogP contribution in [0.2, 0.25) is 0 Å². The first kappa shape index (κ1) is 18.8. The number of benzene rings is 2. The maximum Gasteiger partial charge on any atom is 0.411 e. The lowest BCUT2D eigenvalue weighted by Crippen LogP contribution is -2.55. The molecular weight excluding hydrogens is 364 g/mol. The molecule has 0 atom stereocenters. The van der Waals surface area contributed by atoms with E-state index in [9.17, 15) is 45.3 Å². The summed E-state index contributed by atoms with van der Waals surface area (Å²) in [4.78, 5) is 0. The van der Waals surface area contributed by atoms with Crippen LogP contribution in [0.4, 0.5) is 35.1 Å². The van der Waals surface area contributed by atoms with Crippen molar-refractivity contribution in [2.45, 2.75) is 17.8 Å². The molecule has 2 nitrogen and oxygen atoms in total. The van der Waals surface area contributed by atoms with Crippen molar-refractivity contribution in [2.75, 3.05) is 0 Å². The van der Waals surface area contributed by atoms with Gasteiger partial charge >= 0.3 is 12.4 Å². The summed E-state index contributed by atoms with van der Waals surface area (Å²) in [5.74, 6) is -7.32. The number of hydrogen-bond acceptors (Lipinski definition) is 2. The number of para-hydroxylation sites is 2. The SMILES string of the molecule is Oc1c(F)cccc1C(c1cccc(F)c1O)(C(F)(F)F)C(F)(F)F. The Morgan fingerprint density at radius 1 is 0.600 bits per heavy atom. The Morgan fingerprint density at radius 2 is 0.920 bits per heavy atom. The van der Waals surface area contributed by atoms with Gasteiger partial charge in [0.1, 0.15) is 0 Å². The minimum Gasteiger partial charge on any atom is -0.505 e. The normalized spacial score (nSPS) is 13.1. The highest BCUT2D eigenvalue weighted by atomic mass is 19.4. The first-order valence-corrected chi connectivity index (χ1v) is 6.45. The molecule has 0 bridgehead atoms. The van der Waals surface area contributed by atoms with E-state index in [1.165, 1.54) is 0 Å². The first-order valence-electron chi connectivity index (χ1n) is 6.45. The third kappa shape index (κ3) is 2.65. The molecule has 2 aromatic rings. The smallest absolute Gasteiger partial charge is 0.411 e. The molecule has 0 saturated carbocycles. The number of phenolic OH excluding ortho intramolecular Hbond substituents is 2. The van der Waals surface area contributed by atoms with Crippen molar-refractivity contribution < 1.29 is 45.3 Å². The van der Waals surface area contributed by atoms with Crippen LogP contribution in [0.3, 0.4) is 0 Å². The van der Waals surface area contributed by atoms with E-state index in [1.54, 1.807) is 0 Å². The van der Waals surface area contributed by atoms with Crippen LogP contribution in [0.1, 0.15) is 11.1 Å². The number of halogens is 8. The van der Waals surface area contributed by atoms with Gasteiger partial charge in [0.25, 0.3) is 0 Å². The molecule has 2 N–H and O–H groups in total. The van der Waals surface area contributed by atoms with Crippen molar-refractivity contribution >= 4 is 0 Å². The Morgan fingerprint density at radius 3 is 1.20 bits per heavy atom. The molecule has 0 amide bonds. The van der Waals surface area contributed by atoms with Gasteiger partial charge < -0.3 is 10.2 Å². The number of aromatic hydroxyl groups is 2. The maximum absolute atomic E-state index is 13.7. The summed E-state index contributed by atoms with van der Waals surface area (Å²) in [7, 11) is 0. The van der Waals surface area contributed by atoms with Crippen LogP contribution in [0.5, 0.6) is 11.5 Å². The van der Waals surface area contributed by atoms with E-state index in [0.29, 0.717) is 24.3 Å². The maximum atomic E-state index is 13.7. The van der Waals surface area contributed by atoms with E-state index in [0.717, 1.165) is 0 Å². The summed E-state index contributed by atoms with van der Waals surface area (Å²) < 4.78 is 109. The fraction of sp³-hybridized carbons (Fsp3) is 0.200. The highest BCUT2D eigenvalue weighted by Gasteiger charge is 2.74. The zero-order valence-corrected chi connectivity index (χ0v) is 11.9. The summed E-state index contributed by atoms with van der Waals surface area (Å²) >= 11 is 0. The van der Waals surface area contributed by atoms with Crippen LogP contribution in [-0.2, 0) is 5.41 Å². The summed E-state index contributed by atoms with van der Waals surface area (Å²) in [5, 5.41) is 19.1. The lowest BCUT2D eigenvalue weighted by molar-refractivity contribution is -0.289. The van der Waals surface area contributed by atoms with Crippen LogP contribution in [0.15, 0.2) is 36.4 Å². The molecule has 0 saturated heterocycles. The molecule has 0 aromatic heterocycles. The van der Waals surface area contributed by atoms with E-state index in [2.05, 4.69) is 0 Å². The van der Waals surface area contributed by atoms with Gasteiger partial charge in [-0.2, -0.15) is 26.3 Å². The summed E-state index contributed by atoms with van der Waals surface area (Å²) in [6.45, 7) is 0. The second-order valence-corrected chi connectivity index (χ2v) is 5.02. The van der Waals surface area contributed by atoms with Gasteiger partial charge in [-0.1, -0.05) is 24.3 Å². The molecule has 2 aromatic carbocycles. The topological polar surface area (TPSA) is 40.5 Å². The average Bonchev–Trinajstić information content (AvgIpc) is 2.45. The molecule has 0 heterocycles. The Hall–Kier alpha value is -2.52. The average molecular weight is 372 g/mol. The number of alkyl halides is 6. The van der Waals surface area contributed by atoms with Crippen molar-refractivity contribution in [1.29, 1.82) is 0 Å². The van der Waals surface area contributed by atoms with Crippen molar-refractivity contribution in [2.24, 2.45) is 0 Å². The highest BCUT2D eigenvalue weighted by Crippen LogP contribution is 2.59. The van der Waals surface area contributed by atoms with E-state index < -0.39 is 52.0 Å². The number of rotatable bonds is 2. The molecule has 136 valence electrons. The lowest BCUT2D eigenvalue weighted by atomic mass is 9.72. The highest BCUT2D eigenvalue weighted by molar-refractivity contribution is 5.55. The van der Waals surface area contributed by atoms with Gasteiger partial charge in [-0.05, 0) is 12.1 Å². The standard InChI is InChI=1S/C15H8F8O2/c16-9-5-1-3-7(11(9)24)13(14(18,19)20,15(21,22)23)8-4-2-6-10(17)12(8)25/h1-6,24-25H. The fourth-order valence-corrected chi connectivity index (χ4v) is 2.55. The van der Waals surface area contributed by atoms with Gasteiger partial charge in [0.2, 0.25) is 5.41 Å². The lowest BCUT2D eigenvalue weighted by Gasteiger charge is -2.38. The van der Waals surface area contributed by atoms with Crippen LogP contribution in [0.25, 0.3) is 0 Å². The molecule has 25 heavy (non-hydrogen) atoms. The van der Waals surface area contributed by atoms with E-state index >= 15 is 0 Å². The molecule has 0 aliphatic carbocycles. The van der Waals surface area contributed by atoms with Crippen LogP contribution in [0, 0.1) is 11.6 Å². The Balaban J connectivity index is 3.09. The Bertz CT molecular complexity index is 728. The van der Waals surface area contributed by atoms with E-state index in [1.807, 2.05) is 0 Å². The molecule has 0 unspecified atom stereocenters. The van der Waals surface area contributed by atoms with Gasteiger partial charge in [0.05, 0.1) is 0 Å². The summed E-state index contributed by atoms with van der Waals surface area (Å²) in [6.07, 6.45) is -12.4. The zero-order chi connectivity index (χ0) is 19.2. The molecule has 0 radical (unpaired) electrons. The van der Waals surface area contributed by atoms with Crippen molar-refractivity contribution in [3.05, 3.63) is 59.2 Å². The molecule has 0 spiro atoms. The van der Waals surface area contributed by atoms with Crippen molar-refractivity contribution in [3.63, 3.8) is 0 Å². The number of hydrogen-bond donors (Lipinski definition) is 2. The Kier molecular flexibility index (Phi) is 4.35. The fourth-order valence-electron chi connectivity index (χ4n) is 2.55. The minimum absolute atomic E-state index is 0.198. The summed E-state index contributed by atoms with van der Waals surface area (Å²) in [5.41, 5.74) is -8.90. The third-order valence-corrected chi connectivity index (χ3v) is 3.63. The van der Waals surface area contributed by atoms with Crippen LogP contribution < -0.4 is 0 Å². The van der Waals surface area contributed by atoms with Gasteiger partial charge in [0.15, 0.2) is 23.1 Å². The van der Waals surface area contributed by atoms with Crippen molar-refractivity contribution in [1.82, 2.24) is 0 Å². The van der Waals surface area contributed by atoms with Gasteiger partial charge in [-0.25, -0.2) is 8.78 Å². The minimum atomic E-state index is -6.21. The predicted octanol–water partition coefficient (Wildman–Crippen LogP) is 4.79. The van der Waals surface area contributed by atoms with Gasteiger partial charge in [0, 0.05) is 11.1 Å². The second-order valence-electron chi connectivity index (χ2n) is 5.02. The molecule has 2 rings (SSSR count). The molecular formula is C15H8F8O2. The first-order chi connectivity index (χ1) is 11.4. The molecule has 0 fully saturated rings. The van der Waals surface area contributed by atoms with E-state index in [-0.39, 0.29) is 12.1 Å². The quantitative estimate of drug-likeness (QED) is 0.745. The second kappa shape index (κ2) is 5.78. The van der Waals surface area contributed by atoms with Gasteiger partial charge in [-0.15, -0.1) is 0 Å². The summed E-state index contributed by atoms with van der Waals surface area (Å²) in [6, 6.07) is 2.33. The third-order valence-electron chi connectivity index (χ3n) is 3.63. The molecule has 0 aliphatic heterocycles. The van der Waals surface area contributed by atoms with E-state index in [4.69, 9.17) is 0 Å². The largest absolute Gasteiger partial charge is 0.505 e.